The molecular formula is C12H10FN5O3. The molecule has 0 saturated carbocycles. The fraction of sp³-hybridized carbons (Fsp3) is 0. The molecule has 0 atom stereocenters. The number of amides is 1. The maximum atomic E-state index is 13.7. The molecule has 1 aromatic carbocycles. The van der Waals surface area contributed by atoms with Crippen LogP contribution in [0.4, 0.5) is 21.5 Å². The second-order valence-corrected chi connectivity index (χ2v) is 3.94. The largest absolute Gasteiger partial charge is 0.323 e. The molecule has 0 radical (unpaired) electrons. The summed E-state index contributed by atoms with van der Waals surface area (Å²) in [6.45, 7) is 0. The summed E-state index contributed by atoms with van der Waals surface area (Å²) in [7, 11) is 0. The van der Waals surface area contributed by atoms with Crippen molar-refractivity contribution in [3.63, 3.8) is 0 Å². The number of aromatic nitrogens is 1. The molecule has 1 aromatic heterocycles. The van der Waals surface area contributed by atoms with Crippen LogP contribution in [0.2, 0.25) is 0 Å². The van der Waals surface area contributed by atoms with Crippen molar-refractivity contribution in [1.29, 1.82) is 0 Å². The summed E-state index contributed by atoms with van der Waals surface area (Å²) in [6, 6.07) is 4.39. The van der Waals surface area contributed by atoms with Crippen LogP contribution in [0.25, 0.3) is 0 Å². The standard InChI is InChI=1S/C12H10FN5O3/c13-9-5-7(18(20)21)1-2-11(9)16-12(19)8-6-15-4-3-10(8)17-14/h1-6H,14H2,(H,15,17)(H,16,19). The molecule has 108 valence electrons. The number of hydrogen-bond acceptors (Lipinski definition) is 6. The van der Waals surface area contributed by atoms with Crippen LogP contribution in [0.5, 0.6) is 0 Å². The van der Waals surface area contributed by atoms with Crippen molar-refractivity contribution in [2.75, 3.05) is 10.7 Å². The van der Waals surface area contributed by atoms with Crippen molar-refractivity contribution in [1.82, 2.24) is 4.98 Å². The number of pyridine rings is 1. The van der Waals surface area contributed by atoms with E-state index >= 15 is 0 Å². The van der Waals surface area contributed by atoms with E-state index in [4.69, 9.17) is 5.84 Å². The van der Waals surface area contributed by atoms with Crippen molar-refractivity contribution in [2.45, 2.75) is 0 Å². The van der Waals surface area contributed by atoms with Gasteiger partial charge in [0.25, 0.3) is 11.6 Å². The summed E-state index contributed by atoms with van der Waals surface area (Å²) in [5, 5.41) is 12.8. The third-order valence-electron chi connectivity index (χ3n) is 2.63. The monoisotopic (exact) mass is 291 g/mol. The van der Waals surface area contributed by atoms with Crippen LogP contribution in [0, 0.1) is 15.9 Å². The van der Waals surface area contributed by atoms with E-state index in [1.807, 2.05) is 0 Å². The number of non-ortho nitro benzene ring substituents is 1. The number of nitrogens with two attached hydrogens (primary N) is 1. The number of hydrazine groups is 1. The molecule has 1 heterocycles. The van der Waals surface area contributed by atoms with Crippen molar-refractivity contribution in [3.8, 4) is 0 Å². The van der Waals surface area contributed by atoms with Crippen LogP contribution in [0.15, 0.2) is 36.7 Å². The van der Waals surface area contributed by atoms with E-state index in [2.05, 4.69) is 15.7 Å². The van der Waals surface area contributed by atoms with Gasteiger partial charge >= 0.3 is 0 Å². The number of halogens is 1. The van der Waals surface area contributed by atoms with E-state index < -0.39 is 22.3 Å². The predicted molar refractivity (Wildman–Crippen MR) is 73.1 cm³/mol. The summed E-state index contributed by atoms with van der Waals surface area (Å²) in [5.74, 6) is 3.70. The molecule has 0 bridgehead atoms. The highest BCUT2D eigenvalue weighted by molar-refractivity contribution is 6.07. The first-order valence-corrected chi connectivity index (χ1v) is 5.69. The number of carbonyl (C=O) groups is 1. The first kappa shape index (κ1) is 14.3. The quantitative estimate of drug-likeness (QED) is 0.447. The maximum Gasteiger partial charge on any atom is 0.272 e. The number of nitro groups is 1. The number of nitrogen functional groups attached to an aromatic ring is 1. The number of benzene rings is 1. The van der Waals surface area contributed by atoms with Crippen LogP contribution < -0.4 is 16.6 Å². The molecule has 2 rings (SSSR count). The van der Waals surface area contributed by atoms with Gasteiger partial charge in [0.05, 0.1) is 27.9 Å². The highest BCUT2D eigenvalue weighted by Gasteiger charge is 2.15. The lowest BCUT2D eigenvalue weighted by Crippen LogP contribution is -2.18. The molecule has 4 N–H and O–H groups in total. The van der Waals surface area contributed by atoms with Gasteiger partial charge in [-0.2, -0.15) is 0 Å². The minimum atomic E-state index is -0.913. The minimum Gasteiger partial charge on any atom is -0.323 e. The third kappa shape index (κ3) is 3.09. The Kier molecular flexibility index (Phi) is 4.05. The van der Waals surface area contributed by atoms with Gasteiger partial charge in [-0.25, -0.2) is 4.39 Å². The van der Waals surface area contributed by atoms with Gasteiger partial charge in [-0.3, -0.25) is 25.7 Å². The predicted octanol–water partition coefficient (Wildman–Crippen LogP) is 1.67. The summed E-state index contributed by atoms with van der Waals surface area (Å²) < 4.78 is 13.7. The van der Waals surface area contributed by atoms with E-state index in [1.165, 1.54) is 18.5 Å². The lowest BCUT2D eigenvalue weighted by atomic mass is 10.2. The summed E-state index contributed by atoms with van der Waals surface area (Å²) >= 11 is 0. The van der Waals surface area contributed by atoms with Crippen LogP contribution >= 0.6 is 0 Å². The molecule has 0 saturated heterocycles. The van der Waals surface area contributed by atoms with Gasteiger partial charge in [0.2, 0.25) is 0 Å². The molecule has 1 amide bonds. The molecule has 21 heavy (non-hydrogen) atoms. The molecule has 0 fully saturated rings. The Bertz CT molecular complexity index is 707. The van der Waals surface area contributed by atoms with E-state index in [9.17, 15) is 19.3 Å². The minimum absolute atomic E-state index is 0.109. The Morgan fingerprint density at radius 2 is 2.10 bits per heavy atom. The third-order valence-corrected chi connectivity index (χ3v) is 2.63. The average Bonchev–Trinajstić information content (AvgIpc) is 2.48. The first-order valence-electron chi connectivity index (χ1n) is 5.69. The lowest BCUT2D eigenvalue weighted by Gasteiger charge is -2.09. The second-order valence-electron chi connectivity index (χ2n) is 3.94. The molecule has 0 aliphatic heterocycles. The van der Waals surface area contributed by atoms with Gasteiger partial charge < -0.3 is 10.7 Å². The van der Waals surface area contributed by atoms with Gasteiger partial charge in [0.1, 0.15) is 0 Å². The number of anilines is 2. The Balaban J connectivity index is 2.26. The van der Waals surface area contributed by atoms with E-state index in [0.717, 1.165) is 18.2 Å². The number of rotatable bonds is 4. The van der Waals surface area contributed by atoms with Gasteiger partial charge in [-0.15, -0.1) is 0 Å². The number of nitrogens with one attached hydrogen (secondary N) is 2. The molecule has 0 aliphatic carbocycles. The Hall–Kier alpha value is -3.07. The topological polar surface area (TPSA) is 123 Å². The molecule has 0 spiro atoms. The van der Waals surface area contributed by atoms with Gasteiger partial charge in [-0.1, -0.05) is 0 Å². The highest BCUT2D eigenvalue weighted by atomic mass is 19.1. The zero-order valence-electron chi connectivity index (χ0n) is 10.5. The molecular weight excluding hydrogens is 281 g/mol. The highest BCUT2D eigenvalue weighted by Crippen LogP contribution is 2.22. The lowest BCUT2D eigenvalue weighted by molar-refractivity contribution is -0.385. The number of nitrogens with zero attached hydrogens (tertiary/aromatic N) is 2. The first-order chi connectivity index (χ1) is 10.0. The van der Waals surface area contributed by atoms with Crippen molar-refractivity contribution >= 4 is 23.0 Å². The molecule has 0 unspecified atom stereocenters. The van der Waals surface area contributed by atoms with Crippen LogP contribution in [0.1, 0.15) is 10.4 Å². The maximum absolute atomic E-state index is 13.7. The molecule has 9 heteroatoms. The summed E-state index contributed by atoms with van der Waals surface area (Å²) in [6.07, 6.45) is 2.69. The number of hydrogen-bond donors (Lipinski definition) is 3. The number of carbonyl (C=O) groups excluding carboxylic acids is 1. The zero-order valence-corrected chi connectivity index (χ0v) is 10.5. The smallest absolute Gasteiger partial charge is 0.272 e. The Morgan fingerprint density at radius 1 is 1.33 bits per heavy atom. The molecule has 0 aliphatic rings. The fourth-order valence-electron chi connectivity index (χ4n) is 1.61. The van der Waals surface area contributed by atoms with Crippen LogP contribution in [0.3, 0.4) is 0 Å². The average molecular weight is 291 g/mol. The number of nitro benzene ring substituents is 1. The normalized spacial score (nSPS) is 10.0. The SMILES string of the molecule is NNc1ccncc1C(=O)Nc1ccc([N+](=O)[O-])cc1F. The van der Waals surface area contributed by atoms with Crippen molar-refractivity contribution < 1.29 is 14.1 Å². The van der Waals surface area contributed by atoms with E-state index in [-0.39, 0.29) is 11.3 Å². The van der Waals surface area contributed by atoms with Crippen LogP contribution in [-0.2, 0) is 0 Å². The van der Waals surface area contributed by atoms with E-state index in [1.54, 1.807) is 0 Å². The van der Waals surface area contributed by atoms with Crippen LogP contribution in [-0.4, -0.2) is 15.8 Å². The Morgan fingerprint density at radius 3 is 2.71 bits per heavy atom. The van der Waals surface area contributed by atoms with E-state index in [0.29, 0.717) is 5.69 Å². The summed E-state index contributed by atoms with van der Waals surface area (Å²) in [4.78, 5) is 25.6. The molecule has 8 nitrogen and oxygen atoms in total. The van der Waals surface area contributed by atoms with Gasteiger partial charge in [-0.05, 0) is 12.1 Å². The zero-order chi connectivity index (χ0) is 15.4. The van der Waals surface area contributed by atoms with Gasteiger partial charge in [0, 0.05) is 18.5 Å². The molecule has 2 aromatic rings. The van der Waals surface area contributed by atoms with Crippen molar-refractivity contribution in [2.24, 2.45) is 5.84 Å². The fourth-order valence-corrected chi connectivity index (χ4v) is 1.61. The Labute approximate surface area is 117 Å². The van der Waals surface area contributed by atoms with Crippen molar-refractivity contribution in [3.05, 3.63) is 58.2 Å². The van der Waals surface area contributed by atoms with Gasteiger partial charge in [0.15, 0.2) is 5.82 Å². The second kappa shape index (κ2) is 5.92. The summed E-state index contributed by atoms with van der Waals surface area (Å²) in [5.41, 5.74) is 2.15.